The number of halogens is 1. The van der Waals surface area contributed by atoms with Gasteiger partial charge < -0.3 is 4.74 Å². The molecule has 6 heteroatoms. The Morgan fingerprint density at radius 1 is 1.30 bits per heavy atom. The number of ketones is 1. The number of fused-ring (bicyclic) bond motifs is 1. The number of benzene rings is 1. The number of carbonyl (C=O) groups excluding carboxylic acids is 1. The summed E-state index contributed by atoms with van der Waals surface area (Å²) in [5.41, 5.74) is 1.37. The SMILES string of the molecule is CCn1ncc2cc(Cl)nc(C=CCOC(C)(C)C(=O)c3ccccc3)c21. The van der Waals surface area contributed by atoms with Crippen LogP contribution in [0.2, 0.25) is 5.15 Å². The zero-order chi connectivity index (χ0) is 19.4. The lowest BCUT2D eigenvalue weighted by molar-refractivity contribution is 0.00796. The molecule has 0 bridgehead atoms. The van der Waals surface area contributed by atoms with Crippen LogP contribution >= 0.6 is 11.6 Å². The molecule has 0 aliphatic carbocycles. The third-order valence-corrected chi connectivity index (χ3v) is 4.50. The molecule has 0 aliphatic heterocycles. The van der Waals surface area contributed by atoms with Gasteiger partial charge in [0.2, 0.25) is 0 Å². The molecule has 0 unspecified atom stereocenters. The van der Waals surface area contributed by atoms with Crippen LogP contribution < -0.4 is 0 Å². The minimum Gasteiger partial charge on any atom is -0.363 e. The van der Waals surface area contributed by atoms with Crippen molar-refractivity contribution in [2.45, 2.75) is 32.9 Å². The Hall–Kier alpha value is -2.50. The number of rotatable bonds is 7. The molecule has 0 fully saturated rings. The average Bonchev–Trinajstić information content (AvgIpc) is 3.08. The first-order chi connectivity index (χ1) is 12.9. The van der Waals surface area contributed by atoms with Crippen molar-refractivity contribution >= 4 is 34.4 Å². The van der Waals surface area contributed by atoms with E-state index in [0.29, 0.717) is 10.7 Å². The molecule has 0 spiro atoms. The second kappa shape index (κ2) is 8.03. The van der Waals surface area contributed by atoms with Gasteiger partial charge >= 0.3 is 0 Å². The van der Waals surface area contributed by atoms with Crippen molar-refractivity contribution in [2.75, 3.05) is 6.61 Å². The number of carbonyl (C=O) groups is 1. The van der Waals surface area contributed by atoms with E-state index in [1.807, 2.05) is 42.0 Å². The summed E-state index contributed by atoms with van der Waals surface area (Å²) in [7, 11) is 0. The smallest absolute Gasteiger partial charge is 0.194 e. The van der Waals surface area contributed by atoms with Gasteiger partial charge in [0.05, 0.1) is 24.0 Å². The third-order valence-electron chi connectivity index (χ3n) is 4.31. The van der Waals surface area contributed by atoms with Crippen LogP contribution in [-0.4, -0.2) is 32.8 Å². The molecular formula is C21H22ClN3O2. The number of hydrogen-bond acceptors (Lipinski definition) is 4. The number of nitrogens with zero attached hydrogens (tertiary/aromatic N) is 3. The molecule has 0 atom stereocenters. The van der Waals surface area contributed by atoms with Crippen LogP contribution in [0, 0.1) is 0 Å². The van der Waals surface area contributed by atoms with Crippen molar-refractivity contribution in [3.05, 3.63) is 65.1 Å². The maximum Gasteiger partial charge on any atom is 0.194 e. The van der Waals surface area contributed by atoms with E-state index in [9.17, 15) is 4.79 Å². The third kappa shape index (κ3) is 4.26. The molecule has 0 amide bonds. The van der Waals surface area contributed by atoms with Gasteiger partial charge in [-0.15, -0.1) is 0 Å². The maximum atomic E-state index is 12.6. The topological polar surface area (TPSA) is 57.0 Å². The second-order valence-corrected chi connectivity index (χ2v) is 7.03. The number of ether oxygens (including phenoxy) is 1. The van der Waals surface area contributed by atoms with Crippen LogP contribution in [-0.2, 0) is 11.3 Å². The van der Waals surface area contributed by atoms with Crippen molar-refractivity contribution in [3.8, 4) is 0 Å². The number of aryl methyl sites for hydroxylation is 1. The van der Waals surface area contributed by atoms with Gasteiger partial charge in [-0.25, -0.2) is 4.98 Å². The van der Waals surface area contributed by atoms with Gasteiger partial charge in [-0.1, -0.05) is 48.0 Å². The van der Waals surface area contributed by atoms with E-state index in [4.69, 9.17) is 16.3 Å². The molecule has 2 aromatic heterocycles. The first-order valence-corrected chi connectivity index (χ1v) is 9.22. The highest BCUT2D eigenvalue weighted by molar-refractivity contribution is 6.30. The highest BCUT2D eigenvalue weighted by Crippen LogP contribution is 2.22. The predicted molar refractivity (Wildman–Crippen MR) is 108 cm³/mol. The molecule has 0 radical (unpaired) electrons. The summed E-state index contributed by atoms with van der Waals surface area (Å²) in [5.74, 6) is -0.0520. The summed E-state index contributed by atoms with van der Waals surface area (Å²) < 4.78 is 7.71. The van der Waals surface area contributed by atoms with E-state index in [1.165, 1.54) is 0 Å². The zero-order valence-corrected chi connectivity index (χ0v) is 16.4. The molecule has 140 valence electrons. The van der Waals surface area contributed by atoms with Gasteiger partial charge in [0.25, 0.3) is 0 Å². The Morgan fingerprint density at radius 3 is 2.74 bits per heavy atom. The van der Waals surface area contributed by atoms with Gasteiger partial charge in [-0.3, -0.25) is 9.48 Å². The second-order valence-electron chi connectivity index (χ2n) is 6.65. The molecule has 0 aliphatic rings. The summed E-state index contributed by atoms with van der Waals surface area (Å²) >= 11 is 6.11. The fourth-order valence-corrected chi connectivity index (χ4v) is 3.10. The largest absolute Gasteiger partial charge is 0.363 e. The minimum absolute atomic E-state index is 0.0520. The van der Waals surface area contributed by atoms with Gasteiger partial charge in [-0.2, -0.15) is 5.10 Å². The van der Waals surface area contributed by atoms with Crippen molar-refractivity contribution < 1.29 is 9.53 Å². The quantitative estimate of drug-likeness (QED) is 0.434. The summed E-state index contributed by atoms with van der Waals surface area (Å²) in [6.45, 7) is 6.59. The monoisotopic (exact) mass is 383 g/mol. The van der Waals surface area contributed by atoms with E-state index < -0.39 is 5.60 Å². The Kier molecular flexibility index (Phi) is 5.73. The summed E-state index contributed by atoms with van der Waals surface area (Å²) in [4.78, 5) is 17.0. The molecule has 0 N–H and O–H groups in total. The highest BCUT2D eigenvalue weighted by Gasteiger charge is 2.28. The number of aromatic nitrogens is 3. The molecule has 1 aromatic carbocycles. The molecule has 3 rings (SSSR count). The average molecular weight is 384 g/mol. The highest BCUT2D eigenvalue weighted by atomic mass is 35.5. The Labute approximate surface area is 163 Å². The minimum atomic E-state index is -0.923. The lowest BCUT2D eigenvalue weighted by Gasteiger charge is -2.23. The summed E-state index contributed by atoms with van der Waals surface area (Å²) in [5, 5.41) is 5.70. The summed E-state index contributed by atoms with van der Waals surface area (Å²) in [6, 6.07) is 11.0. The molecule has 0 saturated carbocycles. The van der Waals surface area contributed by atoms with E-state index in [0.717, 1.165) is 23.1 Å². The van der Waals surface area contributed by atoms with Crippen molar-refractivity contribution in [1.29, 1.82) is 0 Å². The number of hydrogen-bond donors (Lipinski definition) is 0. The number of Topliss-reactive ketones (excluding diaryl/α,β-unsaturated/α-hetero) is 1. The van der Waals surface area contributed by atoms with Gasteiger partial charge in [0, 0.05) is 17.5 Å². The Bertz CT molecular complexity index is 978. The van der Waals surface area contributed by atoms with Crippen LogP contribution in [0.4, 0.5) is 0 Å². The van der Waals surface area contributed by atoms with Crippen LogP contribution in [0.3, 0.4) is 0 Å². The molecule has 0 saturated heterocycles. The van der Waals surface area contributed by atoms with Gasteiger partial charge in [0.15, 0.2) is 5.78 Å². The maximum absolute atomic E-state index is 12.6. The fourth-order valence-electron chi connectivity index (χ4n) is 2.89. The molecule has 27 heavy (non-hydrogen) atoms. The van der Waals surface area contributed by atoms with E-state index in [2.05, 4.69) is 10.1 Å². The number of pyridine rings is 1. The standard InChI is InChI=1S/C21H22ClN3O2/c1-4-25-19-16(14-23-25)13-18(22)24-17(19)11-8-12-27-21(2,3)20(26)15-9-6-5-7-10-15/h5-11,13-14H,4,12H2,1-3H3. The van der Waals surface area contributed by atoms with Crippen LogP contribution in [0.5, 0.6) is 0 Å². The lowest BCUT2D eigenvalue weighted by Crippen LogP contribution is -2.35. The molecular weight excluding hydrogens is 362 g/mol. The first-order valence-electron chi connectivity index (χ1n) is 8.85. The van der Waals surface area contributed by atoms with Crippen LogP contribution in [0.1, 0.15) is 36.8 Å². The Morgan fingerprint density at radius 2 is 2.04 bits per heavy atom. The van der Waals surface area contributed by atoms with Crippen LogP contribution in [0.15, 0.2) is 48.7 Å². The van der Waals surface area contributed by atoms with Gasteiger partial charge in [0.1, 0.15) is 10.8 Å². The lowest BCUT2D eigenvalue weighted by atomic mass is 9.96. The van der Waals surface area contributed by atoms with E-state index >= 15 is 0 Å². The van der Waals surface area contributed by atoms with Crippen LogP contribution in [0.25, 0.3) is 17.0 Å². The van der Waals surface area contributed by atoms with Crippen molar-refractivity contribution in [1.82, 2.24) is 14.8 Å². The van der Waals surface area contributed by atoms with Crippen molar-refractivity contribution in [3.63, 3.8) is 0 Å². The molecule has 2 heterocycles. The Balaban J connectivity index is 1.73. The van der Waals surface area contributed by atoms with Gasteiger partial charge in [-0.05, 0) is 32.9 Å². The molecule has 5 nitrogen and oxygen atoms in total. The normalized spacial score (nSPS) is 12.1. The fraction of sp³-hybridized carbons (Fsp3) is 0.286. The summed E-state index contributed by atoms with van der Waals surface area (Å²) in [6.07, 6.45) is 5.47. The molecule has 3 aromatic rings. The zero-order valence-electron chi connectivity index (χ0n) is 15.6. The predicted octanol–water partition coefficient (Wildman–Crippen LogP) is 4.80. The van der Waals surface area contributed by atoms with E-state index in [1.54, 1.807) is 38.2 Å². The van der Waals surface area contributed by atoms with E-state index in [-0.39, 0.29) is 12.4 Å². The van der Waals surface area contributed by atoms with Crippen molar-refractivity contribution in [2.24, 2.45) is 0 Å². The first kappa shape index (κ1) is 19.3.